The summed E-state index contributed by atoms with van der Waals surface area (Å²) < 4.78 is 21.8. The van der Waals surface area contributed by atoms with E-state index in [0.717, 1.165) is 28.3 Å². The second-order valence-corrected chi connectivity index (χ2v) is 6.22. The highest BCUT2D eigenvalue weighted by Crippen LogP contribution is 2.32. The number of carbonyl (C=O) groups excluding carboxylic acids is 1. The van der Waals surface area contributed by atoms with Crippen LogP contribution < -0.4 is 4.74 Å². The van der Waals surface area contributed by atoms with Crippen molar-refractivity contribution in [2.45, 2.75) is 19.9 Å². The van der Waals surface area contributed by atoms with Crippen molar-refractivity contribution in [1.29, 1.82) is 0 Å². The van der Waals surface area contributed by atoms with Crippen LogP contribution in [0.4, 0.5) is 0 Å². The third kappa shape index (κ3) is 2.89. The zero-order valence-corrected chi connectivity index (χ0v) is 14.8. The number of rotatable bonds is 3. The summed E-state index contributed by atoms with van der Waals surface area (Å²) in [4.78, 5) is 14.6. The zero-order valence-electron chi connectivity index (χ0n) is 14.8. The van der Waals surface area contributed by atoms with Crippen molar-refractivity contribution in [2.75, 3.05) is 26.9 Å². The van der Waals surface area contributed by atoms with Crippen LogP contribution in [0.5, 0.6) is 5.75 Å². The average molecular weight is 356 g/mol. The van der Waals surface area contributed by atoms with Gasteiger partial charge in [0.25, 0.3) is 5.91 Å². The number of benzene rings is 1. The summed E-state index contributed by atoms with van der Waals surface area (Å²) in [6.45, 7) is 3.59. The van der Waals surface area contributed by atoms with E-state index in [2.05, 4.69) is 5.16 Å². The second-order valence-electron chi connectivity index (χ2n) is 6.22. The maximum atomic E-state index is 12.8. The molecule has 136 valence electrons. The molecule has 0 saturated heterocycles. The Hall–Kier alpha value is -2.96. The molecule has 1 amide bonds. The van der Waals surface area contributed by atoms with Gasteiger partial charge in [0, 0.05) is 24.1 Å². The number of hydrogen-bond donors (Lipinski definition) is 0. The molecule has 2 aliphatic rings. The minimum Gasteiger partial charge on any atom is -0.497 e. The zero-order chi connectivity index (χ0) is 18.1. The van der Waals surface area contributed by atoms with E-state index >= 15 is 0 Å². The summed E-state index contributed by atoms with van der Waals surface area (Å²) in [6.07, 6.45) is 0.616. The normalized spacial score (nSPS) is 16.6. The van der Waals surface area contributed by atoms with Gasteiger partial charge in [-0.25, -0.2) is 0 Å². The molecule has 0 saturated carbocycles. The summed E-state index contributed by atoms with van der Waals surface area (Å²) >= 11 is 0. The summed E-state index contributed by atoms with van der Waals surface area (Å²) in [6, 6.07) is 7.64. The highest BCUT2D eigenvalue weighted by Gasteiger charge is 2.31. The highest BCUT2D eigenvalue weighted by atomic mass is 16.6. The lowest BCUT2D eigenvalue weighted by Gasteiger charge is -2.29. The lowest BCUT2D eigenvalue weighted by Crippen LogP contribution is -2.38. The maximum absolute atomic E-state index is 12.8. The molecule has 7 heteroatoms. The quantitative estimate of drug-likeness (QED) is 0.841. The van der Waals surface area contributed by atoms with E-state index in [1.165, 1.54) is 0 Å². The van der Waals surface area contributed by atoms with Crippen LogP contribution in [0.25, 0.3) is 11.3 Å². The van der Waals surface area contributed by atoms with Gasteiger partial charge in [-0.05, 0) is 19.1 Å². The first kappa shape index (κ1) is 16.5. The van der Waals surface area contributed by atoms with Crippen LogP contribution in [0.1, 0.15) is 18.2 Å². The summed E-state index contributed by atoms with van der Waals surface area (Å²) in [7, 11) is 1.63. The van der Waals surface area contributed by atoms with E-state index in [1.807, 2.05) is 24.3 Å². The number of nitrogens with zero attached hydrogens (tertiary/aromatic N) is 2. The molecule has 4 rings (SSSR count). The van der Waals surface area contributed by atoms with Gasteiger partial charge in [-0.2, -0.15) is 0 Å². The molecule has 0 aliphatic carbocycles. The van der Waals surface area contributed by atoms with Crippen molar-refractivity contribution in [3.63, 3.8) is 0 Å². The van der Waals surface area contributed by atoms with E-state index in [9.17, 15) is 4.79 Å². The fraction of sp³-hybridized carbons (Fsp3) is 0.368. The first-order chi connectivity index (χ1) is 12.7. The lowest BCUT2D eigenvalue weighted by molar-refractivity contribution is -0.133. The Morgan fingerprint density at radius 3 is 2.92 bits per heavy atom. The molecule has 0 radical (unpaired) electrons. The molecule has 7 nitrogen and oxygen atoms in total. The summed E-state index contributed by atoms with van der Waals surface area (Å²) in [5.41, 5.74) is 2.56. The van der Waals surface area contributed by atoms with Crippen LogP contribution in [0.2, 0.25) is 0 Å². The molecule has 2 aromatic rings. The smallest absolute Gasteiger partial charge is 0.292 e. The Labute approximate surface area is 151 Å². The van der Waals surface area contributed by atoms with Gasteiger partial charge < -0.3 is 23.6 Å². The van der Waals surface area contributed by atoms with Crippen LogP contribution in [-0.4, -0.2) is 42.8 Å². The van der Waals surface area contributed by atoms with Gasteiger partial charge in [-0.3, -0.25) is 4.79 Å². The molecule has 2 aliphatic heterocycles. The van der Waals surface area contributed by atoms with Gasteiger partial charge >= 0.3 is 0 Å². The first-order valence-electron chi connectivity index (χ1n) is 8.55. The van der Waals surface area contributed by atoms with Gasteiger partial charge in [-0.15, -0.1) is 0 Å². The van der Waals surface area contributed by atoms with Crippen molar-refractivity contribution < 1.29 is 23.5 Å². The van der Waals surface area contributed by atoms with Crippen molar-refractivity contribution in [3.8, 4) is 17.0 Å². The van der Waals surface area contributed by atoms with Crippen LogP contribution in [0.15, 0.2) is 40.3 Å². The molecule has 1 aromatic heterocycles. The molecular weight excluding hydrogens is 336 g/mol. The van der Waals surface area contributed by atoms with E-state index in [-0.39, 0.29) is 5.91 Å². The number of methoxy groups -OCH3 is 1. The molecule has 0 atom stereocenters. The van der Waals surface area contributed by atoms with Gasteiger partial charge in [0.1, 0.15) is 36.2 Å². The molecule has 0 fully saturated rings. The Balaban J connectivity index is 1.62. The van der Waals surface area contributed by atoms with E-state index in [4.69, 9.17) is 18.7 Å². The molecule has 0 spiro atoms. The van der Waals surface area contributed by atoms with Crippen molar-refractivity contribution >= 4 is 5.91 Å². The summed E-state index contributed by atoms with van der Waals surface area (Å²) in [5, 5.41) is 4.23. The number of allylic oxidation sites excluding steroid dienone is 1. The van der Waals surface area contributed by atoms with Gasteiger partial charge in [0.2, 0.25) is 5.76 Å². The van der Waals surface area contributed by atoms with Crippen LogP contribution in [-0.2, 0) is 27.2 Å². The SMILES string of the molecule is COc1cccc(-c2noc3c2CN(C(=O)C2=C(C)OCCO2)CC3)c1. The highest BCUT2D eigenvalue weighted by molar-refractivity contribution is 5.92. The Morgan fingerprint density at radius 1 is 1.27 bits per heavy atom. The average Bonchev–Trinajstić information content (AvgIpc) is 3.11. The Kier molecular flexibility index (Phi) is 4.28. The lowest BCUT2D eigenvalue weighted by atomic mass is 10.0. The third-order valence-electron chi connectivity index (χ3n) is 4.62. The Bertz CT molecular complexity index is 871. The standard InChI is InChI=1S/C19H20N2O5/c1-12-18(25-9-8-24-12)19(22)21-7-6-16-15(11-21)17(20-26-16)13-4-3-5-14(10-13)23-2/h3-5,10H,6-9,11H2,1-2H3. The van der Waals surface area contributed by atoms with Gasteiger partial charge in [0.15, 0.2) is 0 Å². The third-order valence-corrected chi connectivity index (χ3v) is 4.62. The van der Waals surface area contributed by atoms with E-state index < -0.39 is 0 Å². The van der Waals surface area contributed by atoms with Crippen molar-refractivity contribution in [1.82, 2.24) is 10.1 Å². The van der Waals surface area contributed by atoms with Crippen molar-refractivity contribution in [2.24, 2.45) is 0 Å². The van der Waals surface area contributed by atoms with E-state index in [0.29, 0.717) is 44.2 Å². The topological polar surface area (TPSA) is 74.0 Å². The number of hydrogen-bond acceptors (Lipinski definition) is 6. The number of amides is 1. The van der Waals surface area contributed by atoms with Gasteiger partial charge in [-0.1, -0.05) is 17.3 Å². The number of aromatic nitrogens is 1. The van der Waals surface area contributed by atoms with Crippen molar-refractivity contribution in [3.05, 3.63) is 47.1 Å². The number of carbonyl (C=O) groups is 1. The second kappa shape index (κ2) is 6.74. The number of ether oxygens (including phenoxy) is 3. The predicted molar refractivity (Wildman–Crippen MR) is 92.2 cm³/mol. The fourth-order valence-electron chi connectivity index (χ4n) is 3.24. The van der Waals surface area contributed by atoms with Gasteiger partial charge in [0.05, 0.1) is 13.7 Å². The molecule has 0 N–H and O–H groups in total. The van der Waals surface area contributed by atoms with Crippen LogP contribution in [0.3, 0.4) is 0 Å². The molecule has 3 heterocycles. The largest absolute Gasteiger partial charge is 0.497 e. The monoisotopic (exact) mass is 356 g/mol. The molecular formula is C19H20N2O5. The minimum absolute atomic E-state index is 0.161. The maximum Gasteiger partial charge on any atom is 0.292 e. The molecule has 0 unspecified atom stereocenters. The first-order valence-corrected chi connectivity index (χ1v) is 8.55. The summed E-state index contributed by atoms with van der Waals surface area (Å²) in [5.74, 6) is 2.23. The van der Waals surface area contributed by atoms with Crippen LogP contribution >= 0.6 is 0 Å². The molecule has 26 heavy (non-hydrogen) atoms. The predicted octanol–water partition coefficient (Wildman–Crippen LogP) is 2.51. The molecule has 1 aromatic carbocycles. The molecule has 0 bridgehead atoms. The Morgan fingerprint density at radius 2 is 2.12 bits per heavy atom. The minimum atomic E-state index is -0.161. The van der Waals surface area contributed by atoms with Crippen LogP contribution in [0, 0.1) is 0 Å². The number of fused-ring (bicyclic) bond motifs is 1. The van der Waals surface area contributed by atoms with E-state index in [1.54, 1.807) is 18.9 Å². The fourth-order valence-corrected chi connectivity index (χ4v) is 3.24.